The van der Waals surface area contributed by atoms with Gasteiger partial charge in [-0.15, -0.1) is 0 Å². The Morgan fingerprint density at radius 3 is 2.50 bits per heavy atom. The van der Waals surface area contributed by atoms with Crippen molar-refractivity contribution in [3.8, 4) is 5.75 Å². The van der Waals surface area contributed by atoms with Crippen molar-refractivity contribution in [2.75, 3.05) is 13.2 Å². The molecule has 0 bridgehead atoms. The maximum atomic E-state index is 9.09. The molecule has 1 aliphatic rings. The fourth-order valence-corrected chi connectivity index (χ4v) is 2.29. The van der Waals surface area contributed by atoms with Crippen molar-refractivity contribution in [3.05, 3.63) is 29.8 Å². The average Bonchev–Trinajstić information content (AvgIpc) is 3.12. The van der Waals surface area contributed by atoms with Gasteiger partial charge in [-0.05, 0) is 55.7 Å². The van der Waals surface area contributed by atoms with Gasteiger partial charge in [0, 0.05) is 6.61 Å². The highest BCUT2D eigenvalue weighted by molar-refractivity contribution is 5.30. The molecule has 1 atom stereocenters. The van der Waals surface area contributed by atoms with Crippen LogP contribution in [0.5, 0.6) is 5.75 Å². The third-order valence-electron chi connectivity index (χ3n) is 3.25. The highest BCUT2D eigenvalue weighted by Crippen LogP contribution is 2.44. The predicted molar refractivity (Wildman–Crippen MR) is 64.8 cm³/mol. The molecule has 1 aliphatic carbocycles. The summed E-state index contributed by atoms with van der Waals surface area (Å²) in [7, 11) is 0. The fourth-order valence-electron chi connectivity index (χ4n) is 2.29. The van der Waals surface area contributed by atoms with Crippen molar-refractivity contribution in [3.63, 3.8) is 0 Å². The van der Waals surface area contributed by atoms with Gasteiger partial charge in [0.15, 0.2) is 0 Å². The molecule has 0 saturated heterocycles. The van der Waals surface area contributed by atoms with Crippen LogP contribution in [0.1, 0.15) is 37.7 Å². The topological polar surface area (TPSA) is 29.5 Å². The maximum Gasteiger partial charge on any atom is 0.119 e. The lowest BCUT2D eigenvalue weighted by molar-refractivity contribution is 0.269. The Labute approximate surface area is 97.3 Å². The first-order valence-corrected chi connectivity index (χ1v) is 6.18. The van der Waals surface area contributed by atoms with Crippen LogP contribution in [0.4, 0.5) is 0 Å². The van der Waals surface area contributed by atoms with Crippen molar-refractivity contribution in [1.82, 2.24) is 0 Å². The average molecular weight is 220 g/mol. The number of aliphatic hydroxyl groups is 1. The summed E-state index contributed by atoms with van der Waals surface area (Å²) in [5.74, 6) is 2.27. The lowest BCUT2D eigenvalue weighted by Crippen LogP contribution is -2.04. The highest BCUT2D eigenvalue weighted by Gasteiger charge is 2.31. The molecular formula is C14H20O2. The van der Waals surface area contributed by atoms with Gasteiger partial charge in [0.25, 0.3) is 0 Å². The number of hydrogen-bond donors (Lipinski definition) is 1. The molecule has 1 aromatic rings. The fraction of sp³-hybridized carbons (Fsp3) is 0.571. The Balaban J connectivity index is 2.05. The van der Waals surface area contributed by atoms with E-state index in [0.29, 0.717) is 12.5 Å². The number of hydrogen-bond acceptors (Lipinski definition) is 2. The zero-order valence-electron chi connectivity index (χ0n) is 9.86. The minimum absolute atomic E-state index is 0.286. The van der Waals surface area contributed by atoms with E-state index in [0.717, 1.165) is 18.1 Å². The summed E-state index contributed by atoms with van der Waals surface area (Å²) >= 11 is 0. The number of aliphatic hydroxyl groups excluding tert-OH is 1. The molecule has 1 unspecified atom stereocenters. The summed E-state index contributed by atoms with van der Waals surface area (Å²) in [6, 6.07) is 8.35. The van der Waals surface area contributed by atoms with E-state index in [4.69, 9.17) is 9.84 Å². The molecule has 0 radical (unpaired) electrons. The second-order valence-electron chi connectivity index (χ2n) is 4.46. The molecule has 1 aromatic carbocycles. The number of ether oxygens (including phenoxy) is 1. The Kier molecular flexibility index (Phi) is 3.83. The Bertz CT molecular complexity index is 314. The molecule has 1 N–H and O–H groups in total. The first-order chi connectivity index (χ1) is 7.85. The zero-order chi connectivity index (χ0) is 11.4. The number of rotatable bonds is 6. The molecule has 0 aromatic heterocycles. The summed E-state index contributed by atoms with van der Waals surface area (Å²) in [5.41, 5.74) is 1.35. The van der Waals surface area contributed by atoms with Crippen LogP contribution < -0.4 is 4.74 Å². The van der Waals surface area contributed by atoms with Crippen LogP contribution in [0.2, 0.25) is 0 Å². The van der Waals surface area contributed by atoms with E-state index in [-0.39, 0.29) is 6.61 Å². The van der Waals surface area contributed by atoms with Crippen molar-refractivity contribution in [1.29, 1.82) is 0 Å². The van der Waals surface area contributed by atoms with Gasteiger partial charge in [-0.2, -0.15) is 0 Å². The quantitative estimate of drug-likeness (QED) is 0.798. The van der Waals surface area contributed by atoms with E-state index in [1.165, 1.54) is 18.4 Å². The van der Waals surface area contributed by atoms with E-state index < -0.39 is 0 Å². The molecular weight excluding hydrogens is 200 g/mol. The van der Waals surface area contributed by atoms with Crippen LogP contribution in [-0.4, -0.2) is 18.3 Å². The molecule has 16 heavy (non-hydrogen) atoms. The molecule has 88 valence electrons. The minimum Gasteiger partial charge on any atom is -0.494 e. The van der Waals surface area contributed by atoms with Gasteiger partial charge in [0.05, 0.1) is 6.61 Å². The van der Waals surface area contributed by atoms with Crippen molar-refractivity contribution < 1.29 is 9.84 Å². The van der Waals surface area contributed by atoms with E-state index >= 15 is 0 Å². The smallest absolute Gasteiger partial charge is 0.119 e. The Morgan fingerprint density at radius 1 is 1.31 bits per heavy atom. The molecule has 0 aliphatic heterocycles. The second kappa shape index (κ2) is 5.35. The van der Waals surface area contributed by atoms with Gasteiger partial charge in [-0.25, -0.2) is 0 Å². The molecule has 2 heteroatoms. The molecule has 0 amide bonds. The Morgan fingerprint density at radius 2 is 2.00 bits per heavy atom. The van der Waals surface area contributed by atoms with Gasteiger partial charge in [-0.1, -0.05) is 12.1 Å². The second-order valence-corrected chi connectivity index (χ2v) is 4.46. The van der Waals surface area contributed by atoms with Crippen molar-refractivity contribution in [2.45, 2.75) is 32.1 Å². The zero-order valence-corrected chi connectivity index (χ0v) is 9.86. The summed E-state index contributed by atoms with van der Waals surface area (Å²) < 4.78 is 5.43. The van der Waals surface area contributed by atoms with E-state index in [1.54, 1.807) is 0 Å². The normalized spacial score (nSPS) is 17.1. The van der Waals surface area contributed by atoms with E-state index in [9.17, 15) is 0 Å². The Hall–Kier alpha value is -1.02. The highest BCUT2D eigenvalue weighted by atomic mass is 16.5. The summed E-state index contributed by atoms with van der Waals surface area (Å²) in [6.45, 7) is 2.99. The SMILES string of the molecule is CCOc1ccc(C(CCO)C2CC2)cc1. The third kappa shape index (κ3) is 2.76. The standard InChI is InChI=1S/C14H20O2/c1-2-16-13-7-5-12(6-8-13)14(9-10-15)11-3-4-11/h5-8,11,14-15H,2-4,9-10H2,1H3. The van der Waals surface area contributed by atoms with Crippen LogP contribution in [0.3, 0.4) is 0 Å². The van der Waals surface area contributed by atoms with Gasteiger partial charge in [0.1, 0.15) is 5.75 Å². The molecule has 1 fully saturated rings. The lowest BCUT2D eigenvalue weighted by Gasteiger charge is -2.15. The molecule has 2 nitrogen and oxygen atoms in total. The minimum atomic E-state index is 0.286. The molecule has 1 saturated carbocycles. The van der Waals surface area contributed by atoms with Crippen molar-refractivity contribution >= 4 is 0 Å². The summed E-state index contributed by atoms with van der Waals surface area (Å²) in [4.78, 5) is 0. The molecule has 0 spiro atoms. The van der Waals surface area contributed by atoms with E-state index in [1.807, 2.05) is 19.1 Å². The van der Waals surface area contributed by atoms with Gasteiger partial charge < -0.3 is 9.84 Å². The first-order valence-electron chi connectivity index (χ1n) is 6.18. The predicted octanol–water partition coefficient (Wildman–Crippen LogP) is 2.96. The summed E-state index contributed by atoms with van der Waals surface area (Å²) in [6.07, 6.45) is 3.52. The first kappa shape index (κ1) is 11.5. The van der Waals surface area contributed by atoms with Crippen LogP contribution in [0.15, 0.2) is 24.3 Å². The van der Waals surface area contributed by atoms with Crippen LogP contribution >= 0.6 is 0 Å². The summed E-state index contributed by atoms with van der Waals surface area (Å²) in [5, 5.41) is 9.09. The van der Waals surface area contributed by atoms with Crippen LogP contribution in [-0.2, 0) is 0 Å². The maximum absolute atomic E-state index is 9.09. The molecule has 0 heterocycles. The van der Waals surface area contributed by atoms with Crippen molar-refractivity contribution in [2.24, 2.45) is 5.92 Å². The van der Waals surface area contributed by atoms with E-state index in [2.05, 4.69) is 12.1 Å². The van der Waals surface area contributed by atoms with Gasteiger partial charge >= 0.3 is 0 Å². The lowest BCUT2D eigenvalue weighted by atomic mass is 9.91. The van der Waals surface area contributed by atoms with Gasteiger partial charge in [0.2, 0.25) is 0 Å². The van der Waals surface area contributed by atoms with Crippen LogP contribution in [0.25, 0.3) is 0 Å². The monoisotopic (exact) mass is 220 g/mol. The van der Waals surface area contributed by atoms with Gasteiger partial charge in [-0.3, -0.25) is 0 Å². The third-order valence-corrected chi connectivity index (χ3v) is 3.25. The van der Waals surface area contributed by atoms with Crippen LogP contribution in [0, 0.1) is 5.92 Å². The number of benzene rings is 1. The molecule has 2 rings (SSSR count). The largest absolute Gasteiger partial charge is 0.494 e.